The minimum Gasteiger partial charge on any atom is -0.448 e. The first-order valence-corrected chi connectivity index (χ1v) is 7.74. The van der Waals surface area contributed by atoms with Gasteiger partial charge in [-0.05, 0) is 17.7 Å². The molecule has 8 heteroatoms. The predicted molar refractivity (Wildman–Crippen MR) is 83.0 cm³/mol. The third-order valence-electron chi connectivity index (χ3n) is 3.82. The van der Waals surface area contributed by atoms with Gasteiger partial charge in [-0.25, -0.2) is 9.18 Å². The highest BCUT2D eigenvalue weighted by Gasteiger charge is 2.25. The lowest BCUT2D eigenvalue weighted by Gasteiger charge is -2.14. The summed E-state index contributed by atoms with van der Waals surface area (Å²) in [6, 6.07) is 6.24. The van der Waals surface area contributed by atoms with Crippen LogP contribution in [0.15, 0.2) is 29.4 Å². The van der Waals surface area contributed by atoms with Crippen molar-refractivity contribution < 1.29 is 23.6 Å². The van der Waals surface area contributed by atoms with E-state index in [1.165, 1.54) is 17.0 Å². The van der Waals surface area contributed by atoms with Crippen LogP contribution < -0.4 is 5.32 Å². The van der Waals surface area contributed by atoms with Crippen LogP contribution in [0.25, 0.3) is 0 Å². The van der Waals surface area contributed by atoms with Gasteiger partial charge in [0.15, 0.2) is 0 Å². The Hall–Kier alpha value is -2.64. The Balaban J connectivity index is 1.38. The maximum absolute atomic E-state index is 12.9. The quantitative estimate of drug-likeness (QED) is 0.844. The number of cyclic esters (lactones) is 1. The average Bonchev–Trinajstić information content (AvgIpc) is 3.17. The molecule has 1 unspecified atom stereocenters. The number of hydrogen-bond donors (Lipinski definition) is 1. The molecule has 1 aromatic rings. The van der Waals surface area contributed by atoms with E-state index in [0.29, 0.717) is 32.5 Å². The molecule has 7 nitrogen and oxygen atoms in total. The highest BCUT2D eigenvalue weighted by atomic mass is 19.1. The van der Waals surface area contributed by atoms with Crippen molar-refractivity contribution in [1.29, 1.82) is 0 Å². The normalized spacial score (nSPS) is 19.7. The summed E-state index contributed by atoms with van der Waals surface area (Å²) < 4.78 is 17.6. The second kappa shape index (κ2) is 7.29. The summed E-state index contributed by atoms with van der Waals surface area (Å²) in [5.41, 5.74) is 1.81. The third kappa shape index (κ3) is 4.21. The van der Waals surface area contributed by atoms with E-state index in [-0.39, 0.29) is 24.4 Å². The lowest BCUT2D eigenvalue weighted by molar-refractivity contribution is -0.122. The van der Waals surface area contributed by atoms with Gasteiger partial charge in [-0.15, -0.1) is 0 Å². The fraction of sp³-hybridized carbons (Fsp3) is 0.438. The maximum atomic E-state index is 12.9. The van der Waals surface area contributed by atoms with Gasteiger partial charge in [0, 0.05) is 12.8 Å². The Morgan fingerprint density at radius 1 is 1.38 bits per heavy atom. The minimum atomic E-state index is -0.466. The topological polar surface area (TPSA) is 80.2 Å². The van der Waals surface area contributed by atoms with Gasteiger partial charge in [0.05, 0.1) is 18.8 Å². The second-order valence-electron chi connectivity index (χ2n) is 5.73. The number of nitrogens with one attached hydrogen (secondary N) is 1. The molecule has 0 radical (unpaired) electrons. The smallest absolute Gasteiger partial charge is 0.410 e. The number of ether oxygens (including phenoxy) is 1. The minimum absolute atomic E-state index is 0.0190. The van der Waals surface area contributed by atoms with Crippen molar-refractivity contribution in [3.05, 3.63) is 35.6 Å². The summed E-state index contributed by atoms with van der Waals surface area (Å²) in [4.78, 5) is 29.7. The van der Waals surface area contributed by atoms with E-state index in [9.17, 15) is 14.0 Å². The SMILES string of the molecule is O=C(CN1CCOC1=O)NCC1CC(Cc2ccc(F)cc2)=NO1. The number of halogens is 1. The van der Waals surface area contributed by atoms with Crippen LogP contribution in [0.4, 0.5) is 9.18 Å². The monoisotopic (exact) mass is 335 g/mol. The molecule has 1 N–H and O–H groups in total. The zero-order chi connectivity index (χ0) is 16.9. The molecular formula is C16H18FN3O4. The molecule has 0 aromatic heterocycles. The van der Waals surface area contributed by atoms with Crippen molar-refractivity contribution in [3.63, 3.8) is 0 Å². The molecule has 24 heavy (non-hydrogen) atoms. The van der Waals surface area contributed by atoms with Gasteiger partial charge in [0.2, 0.25) is 5.91 Å². The number of benzene rings is 1. The summed E-state index contributed by atoms with van der Waals surface area (Å²) in [5.74, 6) is -0.532. The van der Waals surface area contributed by atoms with Crippen LogP contribution in [-0.2, 0) is 20.8 Å². The molecule has 0 bridgehead atoms. The van der Waals surface area contributed by atoms with Gasteiger partial charge in [0.1, 0.15) is 25.1 Å². The fourth-order valence-electron chi connectivity index (χ4n) is 2.56. The molecule has 2 aliphatic heterocycles. The Kier molecular flexibility index (Phi) is 4.93. The lowest BCUT2D eigenvalue weighted by Crippen LogP contribution is -2.40. The molecule has 0 spiro atoms. The first-order valence-electron chi connectivity index (χ1n) is 7.74. The summed E-state index contributed by atoms with van der Waals surface area (Å²) in [7, 11) is 0. The molecule has 1 aromatic carbocycles. The van der Waals surface area contributed by atoms with Crippen molar-refractivity contribution >= 4 is 17.7 Å². The number of nitrogens with zero attached hydrogens (tertiary/aromatic N) is 2. The number of amides is 2. The lowest BCUT2D eigenvalue weighted by atomic mass is 10.0. The van der Waals surface area contributed by atoms with Crippen LogP contribution >= 0.6 is 0 Å². The third-order valence-corrected chi connectivity index (χ3v) is 3.82. The maximum Gasteiger partial charge on any atom is 0.410 e. The molecular weight excluding hydrogens is 317 g/mol. The van der Waals surface area contributed by atoms with E-state index < -0.39 is 6.09 Å². The fourth-order valence-corrected chi connectivity index (χ4v) is 2.56. The van der Waals surface area contributed by atoms with E-state index in [1.807, 2.05) is 0 Å². The van der Waals surface area contributed by atoms with E-state index in [0.717, 1.165) is 11.3 Å². The summed E-state index contributed by atoms with van der Waals surface area (Å²) >= 11 is 0. The van der Waals surface area contributed by atoms with E-state index in [2.05, 4.69) is 10.5 Å². The van der Waals surface area contributed by atoms with Crippen molar-refractivity contribution in [2.45, 2.75) is 18.9 Å². The van der Waals surface area contributed by atoms with Crippen LogP contribution in [0.3, 0.4) is 0 Å². The van der Waals surface area contributed by atoms with Crippen LogP contribution in [0.2, 0.25) is 0 Å². The van der Waals surface area contributed by atoms with Crippen LogP contribution in [0.1, 0.15) is 12.0 Å². The first-order chi connectivity index (χ1) is 11.6. The van der Waals surface area contributed by atoms with E-state index in [1.54, 1.807) is 12.1 Å². The molecule has 2 heterocycles. The molecule has 1 saturated heterocycles. The molecule has 128 valence electrons. The molecule has 2 amide bonds. The van der Waals surface area contributed by atoms with Crippen molar-refractivity contribution in [1.82, 2.24) is 10.2 Å². The highest BCUT2D eigenvalue weighted by Crippen LogP contribution is 2.14. The Bertz CT molecular complexity index is 647. The zero-order valence-electron chi connectivity index (χ0n) is 13.0. The van der Waals surface area contributed by atoms with E-state index in [4.69, 9.17) is 9.57 Å². The molecule has 1 fully saturated rings. The first kappa shape index (κ1) is 16.2. The standard InChI is InChI=1S/C16H18FN3O4/c17-12-3-1-11(2-4-12)7-13-8-14(24-19-13)9-18-15(21)10-20-5-6-23-16(20)22/h1-4,14H,5-10H2,(H,18,21). The molecule has 0 saturated carbocycles. The number of carbonyl (C=O) groups is 2. The molecule has 0 aliphatic carbocycles. The number of carbonyl (C=O) groups excluding carboxylic acids is 2. The van der Waals surface area contributed by atoms with Crippen molar-refractivity contribution in [2.24, 2.45) is 5.16 Å². The van der Waals surface area contributed by atoms with Crippen LogP contribution in [0.5, 0.6) is 0 Å². The number of hydrogen-bond acceptors (Lipinski definition) is 5. The van der Waals surface area contributed by atoms with Crippen LogP contribution in [-0.4, -0.2) is 55.0 Å². The Labute approximate surface area is 138 Å². The van der Waals surface area contributed by atoms with Gasteiger partial charge in [-0.3, -0.25) is 9.69 Å². The molecule has 3 rings (SSSR count). The zero-order valence-corrected chi connectivity index (χ0v) is 13.0. The predicted octanol–water partition coefficient (Wildman–Crippen LogP) is 1.08. The number of oxime groups is 1. The van der Waals surface area contributed by atoms with Gasteiger partial charge < -0.3 is 14.9 Å². The van der Waals surface area contributed by atoms with Crippen molar-refractivity contribution in [2.75, 3.05) is 26.2 Å². The summed E-state index contributed by atoms with van der Waals surface area (Å²) in [6.45, 7) is 1.04. The largest absolute Gasteiger partial charge is 0.448 e. The molecule has 2 aliphatic rings. The number of rotatable bonds is 6. The van der Waals surface area contributed by atoms with Gasteiger partial charge in [-0.1, -0.05) is 17.3 Å². The highest BCUT2D eigenvalue weighted by molar-refractivity contribution is 5.87. The Morgan fingerprint density at radius 2 is 2.17 bits per heavy atom. The molecule has 1 atom stereocenters. The Morgan fingerprint density at radius 3 is 2.88 bits per heavy atom. The second-order valence-corrected chi connectivity index (χ2v) is 5.73. The van der Waals surface area contributed by atoms with E-state index >= 15 is 0 Å². The summed E-state index contributed by atoms with van der Waals surface area (Å²) in [5, 5.41) is 6.74. The van der Waals surface area contributed by atoms with Crippen molar-refractivity contribution in [3.8, 4) is 0 Å². The van der Waals surface area contributed by atoms with Gasteiger partial charge in [0.25, 0.3) is 0 Å². The van der Waals surface area contributed by atoms with Gasteiger partial charge >= 0.3 is 6.09 Å². The summed E-state index contributed by atoms with van der Waals surface area (Å²) in [6.07, 6.45) is 0.496. The van der Waals surface area contributed by atoms with Gasteiger partial charge in [-0.2, -0.15) is 0 Å². The average molecular weight is 335 g/mol. The van der Waals surface area contributed by atoms with Crippen LogP contribution in [0, 0.1) is 5.82 Å².